The highest BCUT2D eigenvalue weighted by Gasteiger charge is 2.32. The maximum atomic E-state index is 14.1. The molecule has 22 nitrogen and oxygen atoms in total. The number of nitrogen functional groups attached to an aromatic ring is 1. The Morgan fingerprint density at radius 1 is 0.612 bits per heavy atom. The summed E-state index contributed by atoms with van der Waals surface area (Å²) in [6, 6.07) is 14.3. The van der Waals surface area contributed by atoms with E-state index in [1.165, 1.54) is 44.2 Å². The summed E-state index contributed by atoms with van der Waals surface area (Å²) in [6.45, 7) is 2.73. The summed E-state index contributed by atoms with van der Waals surface area (Å²) in [6.07, 6.45) is -1.38. The molecule has 0 saturated carbocycles. The smallest absolute Gasteiger partial charge is 0.310 e. The van der Waals surface area contributed by atoms with Gasteiger partial charge in [0.2, 0.25) is 35.4 Å². The van der Waals surface area contributed by atoms with Gasteiger partial charge in [0.15, 0.2) is 5.75 Å². The number of carbonyl (C=O) groups excluding carboxylic acids is 6. The fraction of sp³-hybridized carbons (Fsp3) is 0.311. The number of benzene rings is 4. The Hall–Kier alpha value is -8.27. The van der Waals surface area contributed by atoms with Crippen molar-refractivity contribution < 1.29 is 58.9 Å². The molecule has 14 N–H and O–H groups in total. The number of carbonyl (C=O) groups is 7. The van der Waals surface area contributed by atoms with Gasteiger partial charge in [0.25, 0.3) is 0 Å². The monoisotopic (exact) mass is 927 g/mol. The Bertz CT molecular complexity index is 2430. The summed E-state index contributed by atoms with van der Waals surface area (Å²) >= 11 is 0. The Balaban J connectivity index is 1.50. The molecule has 67 heavy (non-hydrogen) atoms. The average Bonchev–Trinajstić information content (AvgIpc) is 3.27. The van der Waals surface area contributed by atoms with Crippen LogP contribution >= 0.6 is 0 Å². The van der Waals surface area contributed by atoms with E-state index in [1.807, 2.05) is 0 Å². The average molecular weight is 928 g/mol. The lowest BCUT2D eigenvalue weighted by atomic mass is 10.0. The topological polar surface area (TPSA) is 368 Å². The van der Waals surface area contributed by atoms with Crippen LogP contribution in [0.5, 0.6) is 17.2 Å². The van der Waals surface area contributed by atoms with Gasteiger partial charge in [-0.15, -0.1) is 0 Å². The zero-order valence-corrected chi connectivity index (χ0v) is 36.4. The summed E-state index contributed by atoms with van der Waals surface area (Å²) in [5.74, 6) is -7.36. The highest BCUT2D eigenvalue weighted by molar-refractivity contribution is 5.96. The lowest BCUT2D eigenvalue weighted by molar-refractivity contribution is -0.385. The fourth-order valence-electron chi connectivity index (χ4n) is 6.60. The second-order valence-corrected chi connectivity index (χ2v) is 15.6. The maximum absolute atomic E-state index is 14.1. The van der Waals surface area contributed by atoms with Gasteiger partial charge in [0.1, 0.15) is 41.7 Å². The van der Waals surface area contributed by atoms with Gasteiger partial charge < -0.3 is 63.8 Å². The van der Waals surface area contributed by atoms with Crippen molar-refractivity contribution in [2.45, 2.75) is 88.7 Å². The van der Waals surface area contributed by atoms with E-state index in [9.17, 15) is 59.0 Å². The predicted octanol–water partition coefficient (Wildman–Crippen LogP) is 0.294. The first-order chi connectivity index (χ1) is 31.7. The van der Waals surface area contributed by atoms with Crippen LogP contribution in [-0.2, 0) is 59.4 Å². The van der Waals surface area contributed by atoms with Crippen LogP contribution < -0.4 is 43.4 Å². The quantitative estimate of drug-likeness (QED) is 0.0255. The van der Waals surface area contributed by atoms with E-state index in [0.717, 1.165) is 12.1 Å². The SMILES string of the molecule is C[C@H](NC(=O)[C@H](C)NC(=O)[C@H](Cc1ccc(O)cc1)NC(=O)[C@H](Cc1ccc(O)cc1)NCc1ccccc1N)C(=O)N[C@@H](Cc1ccc(O)c([N+](=O)[O-])c1)C(=O)N[C@@H](CCC(=O)O)C(N)=O. The molecule has 6 amide bonds. The Morgan fingerprint density at radius 3 is 1.60 bits per heavy atom. The number of nitrogens with zero attached hydrogens (tertiary/aromatic N) is 1. The number of nitro benzene ring substituents is 1. The van der Waals surface area contributed by atoms with Crippen LogP contribution in [0.3, 0.4) is 0 Å². The molecule has 0 aliphatic heterocycles. The number of carboxylic acid groups (broad SMARTS) is 1. The molecule has 0 aliphatic rings. The number of nitrogens with one attached hydrogen (secondary N) is 6. The molecular formula is C45H53N9O13. The number of hydrogen-bond acceptors (Lipinski definition) is 14. The molecule has 0 aliphatic carbocycles. The molecule has 0 saturated heterocycles. The van der Waals surface area contributed by atoms with Crippen molar-refractivity contribution >= 4 is 52.8 Å². The van der Waals surface area contributed by atoms with Crippen LogP contribution in [0.15, 0.2) is 91.0 Å². The zero-order chi connectivity index (χ0) is 49.4. The van der Waals surface area contributed by atoms with Crippen molar-refractivity contribution in [1.82, 2.24) is 31.9 Å². The highest BCUT2D eigenvalue weighted by atomic mass is 16.6. The third-order valence-corrected chi connectivity index (χ3v) is 10.4. The first kappa shape index (κ1) is 51.4. The van der Waals surface area contributed by atoms with E-state index in [2.05, 4.69) is 31.9 Å². The first-order valence-electron chi connectivity index (χ1n) is 20.8. The number of carboxylic acids is 1. The number of amides is 6. The van der Waals surface area contributed by atoms with Crippen LogP contribution in [0.25, 0.3) is 0 Å². The highest BCUT2D eigenvalue weighted by Crippen LogP contribution is 2.27. The minimum Gasteiger partial charge on any atom is -0.508 e. The van der Waals surface area contributed by atoms with Crippen LogP contribution in [0.1, 0.15) is 48.9 Å². The van der Waals surface area contributed by atoms with Crippen molar-refractivity contribution in [1.29, 1.82) is 0 Å². The molecule has 4 rings (SSSR count). The number of aliphatic carboxylic acids is 1. The number of aromatic hydroxyl groups is 3. The van der Waals surface area contributed by atoms with E-state index >= 15 is 0 Å². The van der Waals surface area contributed by atoms with Crippen molar-refractivity contribution in [3.05, 3.63) is 123 Å². The molecular weight excluding hydrogens is 875 g/mol. The van der Waals surface area contributed by atoms with Crippen molar-refractivity contribution in [2.24, 2.45) is 5.73 Å². The van der Waals surface area contributed by atoms with E-state index in [-0.39, 0.29) is 36.4 Å². The van der Waals surface area contributed by atoms with Gasteiger partial charge in [-0.05, 0) is 85.3 Å². The van der Waals surface area contributed by atoms with Gasteiger partial charge in [-0.2, -0.15) is 0 Å². The van der Waals surface area contributed by atoms with Crippen molar-refractivity contribution in [3.63, 3.8) is 0 Å². The summed E-state index contributed by atoms with van der Waals surface area (Å²) in [4.78, 5) is 102. The second kappa shape index (κ2) is 24.1. The van der Waals surface area contributed by atoms with Gasteiger partial charge in [0, 0.05) is 37.6 Å². The van der Waals surface area contributed by atoms with Gasteiger partial charge in [-0.1, -0.05) is 48.5 Å². The zero-order valence-electron chi connectivity index (χ0n) is 36.4. The molecule has 0 radical (unpaired) electrons. The minimum absolute atomic E-state index is 0.0207. The molecule has 0 aromatic heterocycles. The standard InChI is InChI=1S/C45H53N9O13/c1-24(41(61)49-25(2)42(62)52-36(21-28-11-17-38(57)37(22-28)54(66)67)45(65)51-33(40(47)60)16-18-39(58)59)50-44(64)35(20-27-9-14-31(56)15-10-27)53-43(63)34(19-26-7-12-30(55)13-8-26)48-23-29-5-3-4-6-32(29)46/h3-15,17,22,24-25,33-36,48,55-57H,16,18-21,23,46H2,1-2H3,(H2,47,60)(H,49,61)(H,50,64)(H,51,65)(H,52,62)(H,53,63)(H,58,59)/t24-,25-,33-,34-,35-,36-/m0/s1. The van der Waals surface area contributed by atoms with Gasteiger partial charge in [-0.3, -0.25) is 43.7 Å². The van der Waals surface area contributed by atoms with E-state index in [1.54, 1.807) is 48.5 Å². The van der Waals surface area contributed by atoms with E-state index in [0.29, 0.717) is 22.4 Å². The first-order valence-corrected chi connectivity index (χ1v) is 20.8. The molecule has 0 spiro atoms. The molecule has 0 fully saturated rings. The van der Waals surface area contributed by atoms with Crippen LogP contribution in [0.2, 0.25) is 0 Å². The number of rotatable bonds is 24. The molecule has 4 aromatic carbocycles. The lowest BCUT2D eigenvalue weighted by Gasteiger charge is -2.26. The fourth-order valence-corrected chi connectivity index (χ4v) is 6.60. The number of primary amides is 1. The molecule has 356 valence electrons. The van der Waals surface area contributed by atoms with Crippen LogP contribution in [0, 0.1) is 10.1 Å². The third-order valence-electron chi connectivity index (χ3n) is 10.4. The molecule has 0 heterocycles. The Kier molecular flexibility index (Phi) is 18.5. The second-order valence-electron chi connectivity index (χ2n) is 15.6. The predicted molar refractivity (Wildman–Crippen MR) is 241 cm³/mol. The molecule has 6 atom stereocenters. The largest absolute Gasteiger partial charge is 0.508 e. The van der Waals surface area contributed by atoms with Crippen molar-refractivity contribution in [2.75, 3.05) is 5.73 Å². The van der Waals surface area contributed by atoms with Crippen molar-refractivity contribution in [3.8, 4) is 17.2 Å². The molecule has 22 heteroatoms. The number of anilines is 1. The minimum atomic E-state index is -1.60. The summed E-state index contributed by atoms with van der Waals surface area (Å²) < 4.78 is 0. The number of para-hydroxylation sites is 1. The summed E-state index contributed by atoms with van der Waals surface area (Å²) in [5, 5.41) is 65.8. The molecule has 0 bridgehead atoms. The normalized spacial score (nSPS) is 13.6. The molecule has 0 unspecified atom stereocenters. The maximum Gasteiger partial charge on any atom is 0.310 e. The summed E-state index contributed by atoms with van der Waals surface area (Å²) in [5.41, 5.74) is 13.3. The van der Waals surface area contributed by atoms with Gasteiger partial charge >= 0.3 is 11.7 Å². The number of nitro groups is 1. The lowest BCUT2D eigenvalue weighted by Crippen LogP contribution is -2.59. The van der Waals surface area contributed by atoms with Gasteiger partial charge in [-0.25, -0.2) is 0 Å². The Labute approximate surface area is 383 Å². The number of phenolic OH excluding ortho intramolecular Hbond substituents is 3. The third kappa shape index (κ3) is 16.0. The van der Waals surface area contributed by atoms with E-state index < -0.39 is 113 Å². The number of nitrogens with two attached hydrogens (primary N) is 2. The molecule has 4 aromatic rings. The number of phenols is 3. The van der Waals surface area contributed by atoms with E-state index in [4.69, 9.17) is 16.6 Å². The van der Waals surface area contributed by atoms with Crippen LogP contribution in [-0.4, -0.2) is 103 Å². The number of hydrogen-bond donors (Lipinski definition) is 12. The van der Waals surface area contributed by atoms with Crippen LogP contribution in [0.4, 0.5) is 11.4 Å². The Morgan fingerprint density at radius 2 is 1.06 bits per heavy atom. The van der Waals surface area contributed by atoms with Gasteiger partial charge in [0.05, 0.1) is 11.0 Å². The summed E-state index contributed by atoms with van der Waals surface area (Å²) in [7, 11) is 0.